The fraction of sp³-hybridized carbons (Fsp3) is 0.632. The summed E-state index contributed by atoms with van der Waals surface area (Å²) in [5.41, 5.74) is 0.476. The van der Waals surface area contributed by atoms with E-state index in [2.05, 4.69) is 31.0 Å². The third kappa shape index (κ3) is 3.70. The van der Waals surface area contributed by atoms with Crippen molar-refractivity contribution in [3.05, 3.63) is 35.9 Å². The van der Waals surface area contributed by atoms with Crippen LogP contribution in [0.1, 0.15) is 53.0 Å². The van der Waals surface area contributed by atoms with Gasteiger partial charge in [-0.3, -0.25) is 4.79 Å². The number of hydrogen-bond acceptors (Lipinski definition) is 2. The van der Waals surface area contributed by atoms with Gasteiger partial charge in [0.1, 0.15) is 0 Å². The largest absolute Gasteiger partial charge is 0.350 e. The van der Waals surface area contributed by atoms with Gasteiger partial charge in [0.05, 0.1) is 5.41 Å². The van der Waals surface area contributed by atoms with Crippen molar-refractivity contribution in [2.24, 2.45) is 0 Å². The van der Waals surface area contributed by atoms with Gasteiger partial charge in [-0.15, -0.1) is 0 Å². The second kappa shape index (κ2) is 6.41. The summed E-state index contributed by atoms with van der Waals surface area (Å²) in [5.74, 6) is 0.124. The SMILES string of the molecule is CC(C)N1CCC(C)(NC(=O)C(C)(C)c2ccccc2)CC1. The van der Waals surface area contributed by atoms with Crippen LogP contribution in [0, 0.1) is 0 Å². The van der Waals surface area contributed by atoms with Crippen LogP contribution in [0.25, 0.3) is 0 Å². The molecule has 0 atom stereocenters. The Labute approximate surface area is 135 Å². The quantitative estimate of drug-likeness (QED) is 0.925. The minimum absolute atomic E-state index is 0.0888. The van der Waals surface area contributed by atoms with Crippen molar-refractivity contribution in [1.82, 2.24) is 10.2 Å². The zero-order valence-corrected chi connectivity index (χ0v) is 14.6. The van der Waals surface area contributed by atoms with Crippen molar-refractivity contribution in [1.29, 1.82) is 0 Å². The van der Waals surface area contributed by atoms with E-state index in [4.69, 9.17) is 0 Å². The summed E-state index contributed by atoms with van der Waals surface area (Å²) in [6, 6.07) is 10.6. The molecular weight excluding hydrogens is 272 g/mol. The van der Waals surface area contributed by atoms with Gasteiger partial charge in [-0.05, 0) is 53.0 Å². The van der Waals surface area contributed by atoms with Gasteiger partial charge < -0.3 is 10.2 Å². The molecule has 1 aromatic carbocycles. The highest BCUT2D eigenvalue weighted by atomic mass is 16.2. The van der Waals surface area contributed by atoms with Crippen LogP contribution in [0.2, 0.25) is 0 Å². The van der Waals surface area contributed by atoms with E-state index in [0.717, 1.165) is 31.5 Å². The third-order valence-electron chi connectivity index (χ3n) is 5.11. The van der Waals surface area contributed by atoms with Crippen LogP contribution in [0.4, 0.5) is 0 Å². The van der Waals surface area contributed by atoms with E-state index in [1.54, 1.807) is 0 Å². The summed E-state index contributed by atoms with van der Waals surface area (Å²) in [7, 11) is 0. The Hall–Kier alpha value is -1.35. The lowest BCUT2D eigenvalue weighted by molar-refractivity contribution is -0.128. The first kappa shape index (κ1) is 17.0. The summed E-state index contributed by atoms with van der Waals surface area (Å²) in [6.07, 6.45) is 2.03. The minimum atomic E-state index is -0.501. The molecule has 122 valence electrons. The number of carbonyl (C=O) groups is 1. The number of carbonyl (C=O) groups excluding carboxylic acids is 1. The Balaban J connectivity index is 2.03. The molecule has 2 rings (SSSR count). The first-order valence-corrected chi connectivity index (χ1v) is 8.37. The highest BCUT2D eigenvalue weighted by Crippen LogP contribution is 2.28. The molecule has 0 bridgehead atoms. The molecule has 1 amide bonds. The molecule has 0 spiro atoms. The van der Waals surface area contributed by atoms with Crippen molar-refractivity contribution >= 4 is 5.91 Å². The summed E-state index contributed by atoms with van der Waals surface area (Å²) in [5, 5.41) is 3.33. The smallest absolute Gasteiger partial charge is 0.230 e. The standard InChI is InChI=1S/C19H30N2O/c1-15(2)21-13-11-19(5,12-14-21)20-17(22)18(3,4)16-9-7-6-8-10-16/h6-10,15H,11-14H2,1-5H3,(H,20,22). The summed E-state index contributed by atoms with van der Waals surface area (Å²) in [4.78, 5) is 15.3. The van der Waals surface area contributed by atoms with Crippen molar-refractivity contribution in [2.75, 3.05) is 13.1 Å². The molecule has 0 radical (unpaired) electrons. The van der Waals surface area contributed by atoms with Crippen molar-refractivity contribution in [3.63, 3.8) is 0 Å². The maximum absolute atomic E-state index is 12.8. The number of nitrogens with zero attached hydrogens (tertiary/aromatic N) is 1. The summed E-state index contributed by atoms with van der Waals surface area (Å²) >= 11 is 0. The van der Waals surface area contributed by atoms with Gasteiger partial charge in [-0.2, -0.15) is 0 Å². The Kier molecular flexibility index (Phi) is 4.96. The van der Waals surface area contributed by atoms with Crippen molar-refractivity contribution < 1.29 is 4.79 Å². The Morgan fingerprint density at radius 1 is 1.18 bits per heavy atom. The van der Waals surface area contributed by atoms with Crippen LogP contribution in [0.3, 0.4) is 0 Å². The number of benzene rings is 1. The van der Waals surface area contributed by atoms with Crippen molar-refractivity contribution in [2.45, 2.75) is 64.5 Å². The second-order valence-corrected chi connectivity index (χ2v) is 7.64. The number of likely N-dealkylation sites (tertiary alicyclic amines) is 1. The molecular formula is C19H30N2O. The van der Waals surface area contributed by atoms with Crippen LogP contribution < -0.4 is 5.32 Å². The third-order valence-corrected chi connectivity index (χ3v) is 5.11. The molecule has 0 aliphatic carbocycles. The van der Waals surface area contributed by atoms with Gasteiger partial charge in [0, 0.05) is 24.7 Å². The molecule has 0 saturated carbocycles. The molecule has 1 aliphatic heterocycles. The van der Waals surface area contributed by atoms with E-state index >= 15 is 0 Å². The lowest BCUT2D eigenvalue weighted by Crippen LogP contribution is -2.57. The van der Waals surface area contributed by atoms with Gasteiger partial charge in [-0.25, -0.2) is 0 Å². The lowest BCUT2D eigenvalue weighted by Gasteiger charge is -2.43. The van der Waals surface area contributed by atoms with Crippen LogP contribution in [-0.2, 0) is 10.2 Å². The number of nitrogens with one attached hydrogen (secondary N) is 1. The fourth-order valence-corrected chi connectivity index (χ4v) is 3.08. The minimum Gasteiger partial charge on any atom is -0.350 e. The average Bonchev–Trinajstić information content (AvgIpc) is 2.48. The van der Waals surface area contributed by atoms with E-state index in [1.165, 1.54) is 0 Å². The van der Waals surface area contributed by atoms with Crippen LogP contribution >= 0.6 is 0 Å². The first-order chi connectivity index (χ1) is 10.2. The Bertz CT molecular complexity index is 499. The first-order valence-electron chi connectivity index (χ1n) is 8.37. The van der Waals surface area contributed by atoms with E-state index in [-0.39, 0.29) is 11.4 Å². The molecule has 1 saturated heterocycles. The fourth-order valence-electron chi connectivity index (χ4n) is 3.08. The van der Waals surface area contributed by atoms with Gasteiger partial charge in [-0.1, -0.05) is 30.3 Å². The van der Waals surface area contributed by atoms with E-state index in [9.17, 15) is 4.79 Å². The molecule has 1 aliphatic rings. The lowest BCUT2D eigenvalue weighted by atomic mass is 9.81. The number of amides is 1. The van der Waals surface area contributed by atoms with Gasteiger partial charge >= 0.3 is 0 Å². The zero-order valence-electron chi connectivity index (χ0n) is 14.6. The number of piperidine rings is 1. The molecule has 1 heterocycles. The molecule has 1 N–H and O–H groups in total. The summed E-state index contributed by atoms with van der Waals surface area (Å²) in [6.45, 7) is 12.8. The monoisotopic (exact) mass is 302 g/mol. The van der Waals surface area contributed by atoms with E-state index in [0.29, 0.717) is 6.04 Å². The normalized spacial score (nSPS) is 19.2. The van der Waals surface area contributed by atoms with Crippen LogP contribution in [0.5, 0.6) is 0 Å². The number of rotatable bonds is 4. The maximum Gasteiger partial charge on any atom is 0.230 e. The van der Waals surface area contributed by atoms with Gasteiger partial charge in [0.2, 0.25) is 5.91 Å². The van der Waals surface area contributed by atoms with E-state index < -0.39 is 5.41 Å². The summed E-state index contributed by atoms with van der Waals surface area (Å²) < 4.78 is 0. The predicted molar refractivity (Wildman–Crippen MR) is 92.0 cm³/mol. The second-order valence-electron chi connectivity index (χ2n) is 7.64. The highest BCUT2D eigenvalue weighted by molar-refractivity contribution is 5.87. The van der Waals surface area contributed by atoms with Crippen LogP contribution in [0.15, 0.2) is 30.3 Å². The molecule has 0 unspecified atom stereocenters. The molecule has 3 nitrogen and oxygen atoms in total. The Morgan fingerprint density at radius 3 is 2.23 bits per heavy atom. The highest BCUT2D eigenvalue weighted by Gasteiger charge is 2.37. The zero-order chi connectivity index (χ0) is 16.4. The predicted octanol–water partition coefficient (Wildman–Crippen LogP) is 3.34. The van der Waals surface area contributed by atoms with Crippen LogP contribution in [-0.4, -0.2) is 35.5 Å². The molecule has 22 heavy (non-hydrogen) atoms. The maximum atomic E-state index is 12.8. The topological polar surface area (TPSA) is 32.3 Å². The molecule has 0 aromatic heterocycles. The molecule has 1 aromatic rings. The molecule has 3 heteroatoms. The number of hydrogen-bond donors (Lipinski definition) is 1. The molecule has 1 fully saturated rings. The van der Waals surface area contributed by atoms with E-state index in [1.807, 2.05) is 44.2 Å². The average molecular weight is 302 g/mol. The van der Waals surface area contributed by atoms with Crippen molar-refractivity contribution in [3.8, 4) is 0 Å². The Morgan fingerprint density at radius 2 is 1.73 bits per heavy atom. The van der Waals surface area contributed by atoms with Gasteiger partial charge in [0.15, 0.2) is 0 Å². The van der Waals surface area contributed by atoms with Gasteiger partial charge in [0.25, 0.3) is 0 Å².